The van der Waals surface area contributed by atoms with Gasteiger partial charge in [0.2, 0.25) is 5.70 Å². The number of ether oxygens (including phenoxy) is 1. The molecule has 0 N–H and O–H groups in total. The van der Waals surface area contributed by atoms with Gasteiger partial charge in [0.15, 0.2) is 5.78 Å². The number of hydrogen-bond donors (Lipinski definition) is 0. The Labute approximate surface area is 223 Å². The van der Waals surface area contributed by atoms with Gasteiger partial charge in [-0.05, 0) is 78.4 Å². The van der Waals surface area contributed by atoms with E-state index in [2.05, 4.69) is 39.5 Å². The lowest BCUT2D eigenvalue weighted by Crippen LogP contribution is -2.68. The second-order valence-electron chi connectivity index (χ2n) is 14.8. The Morgan fingerprint density at radius 3 is 2.24 bits per heavy atom. The first-order valence-corrected chi connectivity index (χ1v) is 14.0. The molecule has 4 fully saturated rings. The lowest BCUT2D eigenvalue weighted by atomic mass is 9.31. The molecule has 5 nitrogen and oxygen atoms in total. The minimum Gasteiger partial charge on any atom is -0.469 e. The highest BCUT2D eigenvalue weighted by Gasteiger charge is 2.73. The van der Waals surface area contributed by atoms with Gasteiger partial charge < -0.3 is 9.53 Å². The van der Waals surface area contributed by atoms with Gasteiger partial charge >= 0.3 is 5.97 Å². The molecule has 0 heterocycles. The van der Waals surface area contributed by atoms with Gasteiger partial charge in [0.1, 0.15) is 5.78 Å². The molecule has 5 rings (SSSR count). The summed E-state index contributed by atoms with van der Waals surface area (Å²) in [6, 6.07) is 0. The van der Waals surface area contributed by atoms with Crippen LogP contribution in [0.1, 0.15) is 99.8 Å². The van der Waals surface area contributed by atoms with Crippen molar-refractivity contribution in [2.75, 3.05) is 7.11 Å². The minimum absolute atomic E-state index is 0.0286. The summed E-state index contributed by atoms with van der Waals surface area (Å²) in [6.45, 7) is 23.1. The van der Waals surface area contributed by atoms with Gasteiger partial charge in [0.25, 0.3) is 0 Å². The number of hydrogen-bond acceptors (Lipinski definition) is 4. The van der Waals surface area contributed by atoms with E-state index in [0.29, 0.717) is 12.8 Å². The Morgan fingerprint density at radius 2 is 1.62 bits per heavy atom. The number of methoxy groups -OCH3 is 1. The number of Topliss-reactive ketones (excluding diaryl/α,β-unsaturated/α-hetero) is 2. The van der Waals surface area contributed by atoms with Crippen molar-refractivity contribution >= 4 is 17.5 Å². The molecular weight excluding hydrogens is 462 g/mol. The SMILES string of the molecule is [C-]#[N+]C1=C[C@]2(C)[C@H]3CC(=O)[C]4[C]5CC(C)(C)CC[C@]5(C(=O)OC)CC[C@@]4(C)[C@]3(C)CC[C@H]2C(C)(C)C1=O. The van der Waals surface area contributed by atoms with Crippen molar-refractivity contribution < 1.29 is 19.1 Å². The zero-order chi connectivity index (χ0) is 27.4. The second kappa shape index (κ2) is 7.80. The zero-order valence-corrected chi connectivity index (χ0v) is 24.0. The molecule has 6 atom stereocenters. The number of fused-ring (bicyclic) bond motifs is 7. The lowest BCUT2D eigenvalue weighted by Gasteiger charge is -2.71. The molecular formula is C32H43NO4. The van der Waals surface area contributed by atoms with Crippen LogP contribution < -0.4 is 0 Å². The molecule has 5 heteroatoms. The standard InChI is InChI=1S/C32H43NO4/c1-27(2)12-14-32(26(36)37-9)15-13-31(7)24(19(32)17-27)21(34)16-23-29(5)18-20(33-8)25(35)28(3,4)22(29)10-11-30(23,31)6/h18,22-23H,10-17H2,1-7,9H3/t22-,23+,29-,30+,31+,32-/m0/s1. The number of carbonyl (C=O) groups is 3. The Bertz CT molecular complexity index is 1140. The average molecular weight is 506 g/mol. The molecule has 4 saturated carbocycles. The predicted molar refractivity (Wildman–Crippen MR) is 141 cm³/mol. The lowest BCUT2D eigenvalue weighted by molar-refractivity contribution is -0.180. The molecule has 0 saturated heterocycles. The predicted octanol–water partition coefficient (Wildman–Crippen LogP) is 6.73. The second-order valence-corrected chi connectivity index (χ2v) is 14.8. The van der Waals surface area contributed by atoms with Crippen molar-refractivity contribution in [3.63, 3.8) is 0 Å². The van der Waals surface area contributed by atoms with Gasteiger partial charge in [0, 0.05) is 17.8 Å². The van der Waals surface area contributed by atoms with Crippen LogP contribution in [-0.4, -0.2) is 24.6 Å². The van der Waals surface area contributed by atoms with Crippen LogP contribution in [0.3, 0.4) is 0 Å². The van der Waals surface area contributed by atoms with Gasteiger partial charge in [0.05, 0.1) is 25.0 Å². The van der Waals surface area contributed by atoms with E-state index in [0.717, 1.165) is 50.4 Å². The largest absolute Gasteiger partial charge is 0.469 e. The number of nitrogens with zero attached hydrogens (tertiary/aromatic N) is 1. The summed E-state index contributed by atoms with van der Waals surface area (Å²) in [5, 5.41) is 0. The monoisotopic (exact) mass is 505 g/mol. The molecule has 0 bridgehead atoms. The van der Waals surface area contributed by atoms with Crippen molar-refractivity contribution in [2.24, 2.45) is 44.3 Å². The minimum atomic E-state index is -0.685. The van der Waals surface area contributed by atoms with Crippen molar-refractivity contribution in [2.45, 2.75) is 99.8 Å². The van der Waals surface area contributed by atoms with Crippen molar-refractivity contribution in [1.82, 2.24) is 0 Å². The Kier molecular flexibility index (Phi) is 5.61. The molecule has 2 radical (unpaired) electrons. The third kappa shape index (κ3) is 3.17. The number of carbonyl (C=O) groups excluding carboxylic acids is 3. The summed E-state index contributed by atoms with van der Waals surface area (Å²) >= 11 is 0. The fraction of sp³-hybridized carbons (Fsp3) is 0.750. The van der Waals surface area contributed by atoms with E-state index in [9.17, 15) is 14.4 Å². The molecule has 37 heavy (non-hydrogen) atoms. The molecule has 0 spiro atoms. The number of allylic oxidation sites excluding steroid dienone is 2. The van der Waals surface area contributed by atoms with Gasteiger partial charge in [-0.2, -0.15) is 0 Å². The van der Waals surface area contributed by atoms with Gasteiger partial charge in [-0.15, -0.1) is 0 Å². The maximum atomic E-state index is 14.4. The molecule has 0 aliphatic heterocycles. The molecule has 5 aliphatic carbocycles. The van der Waals surface area contributed by atoms with Crippen LogP contribution in [0.2, 0.25) is 0 Å². The van der Waals surface area contributed by atoms with Crippen molar-refractivity contribution in [1.29, 1.82) is 0 Å². The first kappa shape index (κ1) is 26.6. The van der Waals surface area contributed by atoms with Crippen LogP contribution in [0, 0.1) is 62.7 Å². The highest BCUT2D eigenvalue weighted by Crippen LogP contribution is 2.77. The smallest absolute Gasteiger partial charge is 0.312 e. The molecule has 200 valence electrons. The summed E-state index contributed by atoms with van der Waals surface area (Å²) in [7, 11) is 1.47. The van der Waals surface area contributed by atoms with Crippen LogP contribution in [0.15, 0.2) is 11.8 Å². The maximum Gasteiger partial charge on any atom is 0.312 e. The van der Waals surface area contributed by atoms with Crippen molar-refractivity contribution in [3.05, 3.63) is 35.0 Å². The molecule has 0 aromatic heterocycles. The number of ketones is 2. The van der Waals surface area contributed by atoms with Gasteiger partial charge in [-0.3, -0.25) is 9.59 Å². The third-order valence-electron chi connectivity index (χ3n) is 12.4. The van der Waals surface area contributed by atoms with Crippen LogP contribution in [0.5, 0.6) is 0 Å². The van der Waals surface area contributed by atoms with E-state index in [1.807, 2.05) is 19.9 Å². The Balaban J connectivity index is 1.65. The van der Waals surface area contributed by atoms with E-state index >= 15 is 0 Å². The Morgan fingerprint density at radius 1 is 0.973 bits per heavy atom. The van der Waals surface area contributed by atoms with Gasteiger partial charge in [-0.1, -0.05) is 54.5 Å². The first-order valence-electron chi connectivity index (χ1n) is 14.0. The summed E-state index contributed by atoms with van der Waals surface area (Å²) in [6.07, 6.45) is 8.11. The van der Waals surface area contributed by atoms with Crippen LogP contribution in [0.25, 0.3) is 4.85 Å². The highest BCUT2D eigenvalue weighted by molar-refractivity contribution is 6.03. The average Bonchev–Trinajstić information content (AvgIpc) is 2.82. The summed E-state index contributed by atoms with van der Waals surface area (Å²) in [4.78, 5) is 44.6. The molecule has 0 amide bonds. The topological polar surface area (TPSA) is 64.8 Å². The first-order chi connectivity index (χ1) is 17.0. The van der Waals surface area contributed by atoms with E-state index < -0.39 is 16.2 Å². The summed E-state index contributed by atoms with van der Waals surface area (Å²) < 4.78 is 5.39. The zero-order valence-electron chi connectivity index (χ0n) is 24.0. The molecule has 0 aromatic carbocycles. The quantitative estimate of drug-likeness (QED) is 0.293. The summed E-state index contributed by atoms with van der Waals surface area (Å²) in [5.41, 5.74) is -2.01. The van der Waals surface area contributed by atoms with E-state index in [-0.39, 0.29) is 51.3 Å². The highest BCUT2D eigenvalue weighted by atomic mass is 16.5. The molecule has 5 aliphatic rings. The molecule has 0 aromatic rings. The third-order valence-corrected chi connectivity index (χ3v) is 12.4. The fourth-order valence-corrected chi connectivity index (χ4v) is 10.1. The molecule has 0 unspecified atom stereocenters. The summed E-state index contributed by atoms with van der Waals surface area (Å²) in [5.74, 6) is 2.02. The van der Waals surface area contributed by atoms with E-state index in [4.69, 9.17) is 11.3 Å². The Hall–Kier alpha value is -1.96. The van der Waals surface area contributed by atoms with Gasteiger partial charge in [-0.25, -0.2) is 4.85 Å². The van der Waals surface area contributed by atoms with E-state index in [1.165, 1.54) is 7.11 Å². The normalized spacial score (nSPS) is 44.9. The van der Waals surface area contributed by atoms with E-state index in [1.54, 1.807) is 0 Å². The van der Waals surface area contributed by atoms with Crippen LogP contribution in [0.4, 0.5) is 0 Å². The maximum absolute atomic E-state index is 14.4. The number of esters is 1. The number of rotatable bonds is 1. The van der Waals surface area contributed by atoms with Crippen LogP contribution in [-0.2, 0) is 19.1 Å². The fourth-order valence-electron chi connectivity index (χ4n) is 10.1. The van der Waals surface area contributed by atoms with Crippen LogP contribution >= 0.6 is 0 Å². The van der Waals surface area contributed by atoms with Crippen molar-refractivity contribution in [3.8, 4) is 0 Å².